The summed E-state index contributed by atoms with van der Waals surface area (Å²) in [5.74, 6) is -0.299. The van der Waals surface area contributed by atoms with Crippen LogP contribution in [0.15, 0.2) is 47.5 Å². The molecule has 1 aliphatic rings. The zero-order chi connectivity index (χ0) is 22.3. The predicted octanol–water partition coefficient (Wildman–Crippen LogP) is 3.25. The lowest BCUT2D eigenvalue weighted by molar-refractivity contribution is 0.0374. The number of fused-ring (bicyclic) bond motifs is 1. The Morgan fingerprint density at radius 2 is 1.94 bits per heavy atom. The lowest BCUT2D eigenvalue weighted by atomic mass is 10.0. The molecule has 1 amide bonds. The van der Waals surface area contributed by atoms with Gasteiger partial charge in [-0.1, -0.05) is 19.4 Å². The molecule has 2 N–H and O–H groups in total. The van der Waals surface area contributed by atoms with Crippen LogP contribution in [-0.4, -0.2) is 59.8 Å². The molecule has 0 atom stereocenters. The van der Waals surface area contributed by atoms with Gasteiger partial charge in [-0.25, -0.2) is 0 Å². The molecule has 1 saturated heterocycles. The molecule has 7 nitrogen and oxygen atoms in total. The van der Waals surface area contributed by atoms with Gasteiger partial charge >= 0.3 is 0 Å². The van der Waals surface area contributed by atoms with Gasteiger partial charge in [0, 0.05) is 44.1 Å². The molecule has 2 aromatic heterocycles. The molecule has 3 aromatic rings. The van der Waals surface area contributed by atoms with Crippen molar-refractivity contribution >= 4 is 16.8 Å². The number of aryl methyl sites for hydroxylation is 1. The molecule has 0 unspecified atom stereocenters. The number of unbranched alkanes of at least 4 members (excludes halogenated alkanes) is 1. The van der Waals surface area contributed by atoms with Crippen LogP contribution < -0.4 is 10.9 Å². The van der Waals surface area contributed by atoms with Crippen LogP contribution in [0.25, 0.3) is 22.0 Å². The molecule has 0 bridgehead atoms. The molecule has 170 valence electrons. The van der Waals surface area contributed by atoms with E-state index in [0.717, 1.165) is 74.1 Å². The Balaban J connectivity index is 1.52. The molecule has 0 radical (unpaired) electrons. The van der Waals surface area contributed by atoms with Crippen molar-refractivity contribution in [1.82, 2.24) is 19.8 Å². The summed E-state index contributed by atoms with van der Waals surface area (Å²) in [6, 6.07) is 9.88. The second-order valence-electron chi connectivity index (χ2n) is 8.34. The summed E-state index contributed by atoms with van der Waals surface area (Å²) < 4.78 is 7.05. The summed E-state index contributed by atoms with van der Waals surface area (Å²) in [7, 11) is 0. The summed E-state index contributed by atoms with van der Waals surface area (Å²) in [4.78, 5) is 31.5. The minimum atomic E-state index is -0.299. The lowest BCUT2D eigenvalue weighted by Gasteiger charge is -2.26. The summed E-state index contributed by atoms with van der Waals surface area (Å²) in [6.45, 7) is 7.57. The quantitative estimate of drug-likeness (QED) is 0.505. The number of H-pyrrole nitrogens is 1. The topological polar surface area (TPSA) is 79.4 Å². The first-order chi connectivity index (χ1) is 15.7. The van der Waals surface area contributed by atoms with Gasteiger partial charge in [-0.05, 0) is 60.2 Å². The Morgan fingerprint density at radius 1 is 1.09 bits per heavy atom. The highest BCUT2D eigenvalue weighted by atomic mass is 16.5. The summed E-state index contributed by atoms with van der Waals surface area (Å²) in [6.07, 6.45) is 6.50. The second-order valence-corrected chi connectivity index (χ2v) is 8.34. The van der Waals surface area contributed by atoms with E-state index in [1.807, 2.05) is 30.6 Å². The van der Waals surface area contributed by atoms with Gasteiger partial charge in [0.05, 0.1) is 13.2 Å². The van der Waals surface area contributed by atoms with Crippen LogP contribution in [0.2, 0.25) is 0 Å². The molecular weight excluding hydrogens is 404 g/mol. The maximum absolute atomic E-state index is 13.0. The van der Waals surface area contributed by atoms with Gasteiger partial charge in [-0.2, -0.15) is 0 Å². The predicted molar refractivity (Wildman–Crippen MR) is 127 cm³/mol. The first-order valence-electron chi connectivity index (χ1n) is 11.6. The number of pyridine rings is 1. The molecule has 3 heterocycles. The normalized spacial score (nSPS) is 14.7. The highest BCUT2D eigenvalue weighted by Crippen LogP contribution is 2.24. The average Bonchev–Trinajstić information content (AvgIpc) is 3.29. The molecule has 0 aliphatic carbocycles. The minimum Gasteiger partial charge on any atom is -0.379 e. The van der Waals surface area contributed by atoms with Crippen molar-refractivity contribution in [3.05, 3.63) is 58.6 Å². The Hall–Kier alpha value is -2.90. The number of hydrogen-bond acceptors (Lipinski definition) is 4. The van der Waals surface area contributed by atoms with Crippen molar-refractivity contribution in [2.24, 2.45) is 0 Å². The van der Waals surface area contributed by atoms with Gasteiger partial charge in [-0.3, -0.25) is 14.5 Å². The zero-order valence-corrected chi connectivity index (χ0v) is 18.7. The number of carbonyl (C=O) groups is 1. The van der Waals surface area contributed by atoms with Crippen molar-refractivity contribution in [2.75, 3.05) is 39.4 Å². The summed E-state index contributed by atoms with van der Waals surface area (Å²) in [5, 5.41) is 4.05. The fourth-order valence-corrected chi connectivity index (χ4v) is 4.11. The lowest BCUT2D eigenvalue weighted by Crippen LogP contribution is -2.38. The number of aromatic nitrogens is 2. The average molecular weight is 437 g/mol. The van der Waals surface area contributed by atoms with Gasteiger partial charge in [-0.15, -0.1) is 0 Å². The van der Waals surface area contributed by atoms with E-state index in [9.17, 15) is 9.59 Å². The van der Waals surface area contributed by atoms with Gasteiger partial charge in [0.15, 0.2) is 0 Å². The van der Waals surface area contributed by atoms with E-state index in [4.69, 9.17) is 4.74 Å². The number of morpholine rings is 1. The zero-order valence-electron chi connectivity index (χ0n) is 18.7. The van der Waals surface area contributed by atoms with E-state index >= 15 is 0 Å². The second kappa shape index (κ2) is 10.6. The third-order valence-electron chi connectivity index (χ3n) is 6.01. The molecule has 1 aromatic carbocycles. The van der Waals surface area contributed by atoms with Gasteiger partial charge in [0.1, 0.15) is 5.56 Å². The van der Waals surface area contributed by atoms with Crippen LogP contribution in [-0.2, 0) is 11.3 Å². The SMILES string of the molecule is CCCCn1cc(-c2ccc3[nH]ccc3c2)cc(C(=O)NCCCN2CCOCC2)c1=O. The third kappa shape index (κ3) is 5.29. The number of nitrogens with one attached hydrogen (secondary N) is 2. The maximum Gasteiger partial charge on any atom is 0.263 e. The monoisotopic (exact) mass is 436 g/mol. The van der Waals surface area contributed by atoms with Crippen molar-refractivity contribution < 1.29 is 9.53 Å². The fourth-order valence-electron chi connectivity index (χ4n) is 4.11. The number of benzene rings is 1. The van der Waals surface area contributed by atoms with E-state index in [1.54, 1.807) is 10.6 Å². The molecule has 0 saturated carbocycles. The van der Waals surface area contributed by atoms with Gasteiger partial charge in [0.25, 0.3) is 11.5 Å². The number of amides is 1. The van der Waals surface area contributed by atoms with Gasteiger partial charge < -0.3 is 19.6 Å². The molecule has 0 spiro atoms. The van der Waals surface area contributed by atoms with E-state index < -0.39 is 0 Å². The highest BCUT2D eigenvalue weighted by molar-refractivity contribution is 5.95. The number of ether oxygens (including phenoxy) is 1. The smallest absolute Gasteiger partial charge is 0.263 e. The van der Waals surface area contributed by atoms with Crippen LogP contribution in [0.4, 0.5) is 0 Å². The van der Waals surface area contributed by atoms with Crippen molar-refractivity contribution in [1.29, 1.82) is 0 Å². The minimum absolute atomic E-state index is 0.208. The molecule has 1 fully saturated rings. The number of rotatable bonds is 9. The third-order valence-corrected chi connectivity index (χ3v) is 6.01. The molecule has 32 heavy (non-hydrogen) atoms. The van der Waals surface area contributed by atoms with E-state index in [1.165, 1.54) is 0 Å². The molecule has 1 aliphatic heterocycles. The standard InChI is InChI=1S/C25H32N4O3/c1-2-3-11-29-18-21(19-5-6-23-20(16-19)7-9-26-23)17-22(25(29)31)24(30)27-8-4-10-28-12-14-32-15-13-28/h5-7,9,16-18,26H,2-4,8,10-15H2,1H3,(H,27,30). The summed E-state index contributed by atoms with van der Waals surface area (Å²) in [5.41, 5.74) is 2.91. The number of hydrogen-bond donors (Lipinski definition) is 2. The Labute approximate surface area is 188 Å². The molecular formula is C25H32N4O3. The van der Waals surface area contributed by atoms with Crippen LogP contribution in [0.5, 0.6) is 0 Å². The summed E-state index contributed by atoms with van der Waals surface area (Å²) >= 11 is 0. The van der Waals surface area contributed by atoms with Crippen molar-refractivity contribution in [3.8, 4) is 11.1 Å². The van der Waals surface area contributed by atoms with E-state index in [2.05, 4.69) is 28.2 Å². The molecule has 4 rings (SSSR count). The first-order valence-corrected chi connectivity index (χ1v) is 11.6. The first kappa shape index (κ1) is 22.3. The van der Waals surface area contributed by atoms with Crippen LogP contribution in [0.3, 0.4) is 0 Å². The van der Waals surface area contributed by atoms with E-state index in [-0.39, 0.29) is 17.0 Å². The van der Waals surface area contributed by atoms with Crippen molar-refractivity contribution in [3.63, 3.8) is 0 Å². The van der Waals surface area contributed by atoms with Crippen LogP contribution >= 0.6 is 0 Å². The van der Waals surface area contributed by atoms with Gasteiger partial charge in [0.2, 0.25) is 0 Å². The Morgan fingerprint density at radius 3 is 2.75 bits per heavy atom. The Bertz CT molecular complexity index is 1110. The van der Waals surface area contributed by atoms with E-state index in [0.29, 0.717) is 13.1 Å². The van der Waals surface area contributed by atoms with Crippen LogP contribution in [0.1, 0.15) is 36.5 Å². The maximum atomic E-state index is 13.0. The number of carbonyl (C=O) groups excluding carboxylic acids is 1. The highest BCUT2D eigenvalue weighted by Gasteiger charge is 2.16. The van der Waals surface area contributed by atoms with Crippen LogP contribution in [0, 0.1) is 0 Å². The largest absolute Gasteiger partial charge is 0.379 e. The van der Waals surface area contributed by atoms with Crippen molar-refractivity contribution in [2.45, 2.75) is 32.7 Å². The Kier molecular flexibility index (Phi) is 7.39. The molecule has 7 heteroatoms. The fraction of sp³-hybridized carbons (Fsp3) is 0.440. The number of aromatic amines is 1. The number of nitrogens with zero attached hydrogens (tertiary/aromatic N) is 2.